The van der Waals surface area contributed by atoms with Crippen molar-refractivity contribution in [2.24, 2.45) is 0 Å². The minimum Gasteiger partial charge on any atom is -0.455 e. The number of hydrogen-bond acceptors (Lipinski definition) is 4. The van der Waals surface area contributed by atoms with Crippen molar-refractivity contribution in [3.63, 3.8) is 0 Å². The summed E-state index contributed by atoms with van der Waals surface area (Å²) in [7, 11) is 0. The van der Waals surface area contributed by atoms with Crippen molar-refractivity contribution < 1.29 is 9.15 Å². The number of rotatable bonds is 6. The van der Waals surface area contributed by atoms with Crippen molar-refractivity contribution in [1.82, 2.24) is 19.1 Å². The van der Waals surface area contributed by atoms with Gasteiger partial charge in [-0.05, 0) is 37.8 Å². The van der Waals surface area contributed by atoms with Crippen LogP contribution in [0.2, 0.25) is 0 Å². The molecule has 0 aromatic carbocycles. The SMILES string of the molecule is c1cn(CCCn2ccnc2-c2ccc([C@@H]3CCCCO3)o2)cn1. The molecule has 6 heteroatoms. The van der Waals surface area contributed by atoms with E-state index in [0.717, 1.165) is 56.3 Å². The lowest BCUT2D eigenvalue weighted by molar-refractivity contribution is 0.00218. The molecule has 0 spiro atoms. The highest BCUT2D eigenvalue weighted by Crippen LogP contribution is 2.31. The molecule has 3 aromatic rings. The second-order valence-electron chi connectivity index (χ2n) is 6.16. The van der Waals surface area contributed by atoms with Crippen molar-refractivity contribution >= 4 is 0 Å². The van der Waals surface area contributed by atoms with Crippen LogP contribution in [-0.2, 0) is 17.8 Å². The predicted molar refractivity (Wildman–Crippen MR) is 89.3 cm³/mol. The Hall–Kier alpha value is -2.34. The lowest BCUT2D eigenvalue weighted by atomic mass is 10.1. The zero-order valence-corrected chi connectivity index (χ0v) is 13.7. The van der Waals surface area contributed by atoms with Crippen LogP contribution in [0.1, 0.15) is 37.5 Å². The number of nitrogens with zero attached hydrogens (tertiary/aromatic N) is 4. The van der Waals surface area contributed by atoms with Gasteiger partial charge in [0.15, 0.2) is 11.6 Å². The van der Waals surface area contributed by atoms with Gasteiger partial charge in [-0.25, -0.2) is 9.97 Å². The van der Waals surface area contributed by atoms with E-state index >= 15 is 0 Å². The molecule has 0 bridgehead atoms. The van der Waals surface area contributed by atoms with Gasteiger partial charge in [0.2, 0.25) is 0 Å². The molecule has 1 atom stereocenters. The molecule has 1 aliphatic rings. The van der Waals surface area contributed by atoms with Crippen molar-refractivity contribution in [3.8, 4) is 11.6 Å². The Morgan fingerprint density at radius 3 is 2.96 bits per heavy atom. The maximum atomic E-state index is 6.04. The van der Waals surface area contributed by atoms with E-state index < -0.39 is 0 Å². The molecule has 0 saturated carbocycles. The third-order valence-corrected chi connectivity index (χ3v) is 4.43. The zero-order valence-electron chi connectivity index (χ0n) is 13.7. The van der Waals surface area contributed by atoms with E-state index in [2.05, 4.69) is 19.1 Å². The van der Waals surface area contributed by atoms with Gasteiger partial charge in [-0.2, -0.15) is 0 Å². The summed E-state index contributed by atoms with van der Waals surface area (Å²) in [6.07, 6.45) is 13.9. The predicted octanol–water partition coefficient (Wildman–Crippen LogP) is 3.67. The highest BCUT2D eigenvalue weighted by Gasteiger charge is 2.20. The Kier molecular flexibility index (Phi) is 4.46. The Labute approximate surface area is 141 Å². The van der Waals surface area contributed by atoms with E-state index in [1.165, 1.54) is 6.42 Å². The summed E-state index contributed by atoms with van der Waals surface area (Å²) in [4.78, 5) is 8.54. The highest BCUT2D eigenvalue weighted by molar-refractivity contribution is 5.48. The quantitative estimate of drug-likeness (QED) is 0.693. The second-order valence-corrected chi connectivity index (χ2v) is 6.16. The Morgan fingerprint density at radius 2 is 2.12 bits per heavy atom. The third-order valence-electron chi connectivity index (χ3n) is 4.43. The van der Waals surface area contributed by atoms with Crippen molar-refractivity contribution in [2.75, 3.05) is 6.61 Å². The van der Waals surface area contributed by atoms with Gasteiger partial charge in [0.25, 0.3) is 0 Å². The van der Waals surface area contributed by atoms with Crippen molar-refractivity contribution in [1.29, 1.82) is 0 Å². The molecule has 6 nitrogen and oxygen atoms in total. The van der Waals surface area contributed by atoms with E-state index in [9.17, 15) is 0 Å². The minimum atomic E-state index is 0.0946. The first kappa shape index (κ1) is 15.2. The first-order chi connectivity index (χ1) is 11.9. The maximum absolute atomic E-state index is 6.04. The average molecular weight is 326 g/mol. The van der Waals surface area contributed by atoms with Gasteiger partial charge >= 0.3 is 0 Å². The summed E-state index contributed by atoms with van der Waals surface area (Å²) in [5, 5.41) is 0. The summed E-state index contributed by atoms with van der Waals surface area (Å²) < 4.78 is 16.1. The monoisotopic (exact) mass is 326 g/mol. The van der Waals surface area contributed by atoms with Crippen LogP contribution in [0, 0.1) is 0 Å². The van der Waals surface area contributed by atoms with Gasteiger partial charge in [-0.15, -0.1) is 0 Å². The van der Waals surface area contributed by atoms with Crippen LogP contribution in [-0.4, -0.2) is 25.7 Å². The molecule has 1 fully saturated rings. The molecule has 0 radical (unpaired) electrons. The fourth-order valence-electron chi connectivity index (χ4n) is 3.17. The van der Waals surface area contributed by atoms with E-state index in [4.69, 9.17) is 9.15 Å². The molecule has 4 rings (SSSR count). The van der Waals surface area contributed by atoms with Crippen LogP contribution in [0.4, 0.5) is 0 Å². The molecule has 24 heavy (non-hydrogen) atoms. The molecule has 126 valence electrons. The number of furan rings is 1. The standard InChI is InChI=1S/C18H22N4O2/c1-2-13-23-15(4-1)16-5-6-17(24-16)18-20-8-12-22(18)10-3-9-21-11-7-19-14-21/h5-8,11-12,14-15H,1-4,9-10,13H2/t15-/m0/s1. The molecule has 4 heterocycles. The lowest BCUT2D eigenvalue weighted by Gasteiger charge is -2.20. The Bertz CT molecular complexity index is 754. The van der Waals surface area contributed by atoms with Gasteiger partial charge < -0.3 is 18.3 Å². The minimum absolute atomic E-state index is 0.0946. The van der Waals surface area contributed by atoms with Crippen LogP contribution < -0.4 is 0 Å². The molecule has 0 N–H and O–H groups in total. The third kappa shape index (κ3) is 3.28. The fourth-order valence-corrected chi connectivity index (χ4v) is 3.17. The molecule has 1 saturated heterocycles. The van der Waals surface area contributed by atoms with E-state index in [-0.39, 0.29) is 6.10 Å². The lowest BCUT2D eigenvalue weighted by Crippen LogP contribution is -2.10. The smallest absolute Gasteiger partial charge is 0.176 e. The van der Waals surface area contributed by atoms with Crippen LogP contribution in [0.5, 0.6) is 0 Å². The molecule has 1 aliphatic heterocycles. The largest absolute Gasteiger partial charge is 0.455 e. The summed E-state index contributed by atoms with van der Waals surface area (Å²) in [6.45, 7) is 2.66. The number of hydrogen-bond donors (Lipinski definition) is 0. The second kappa shape index (κ2) is 7.05. The normalized spacial score (nSPS) is 18.1. The zero-order chi connectivity index (χ0) is 16.2. The van der Waals surface area contributed by atoms with Crippen LogP contribution in [0.15, 0.2) is 47.7 Å². The van der Waals surface area contributed by atoms with Gasteiger partial charge in [0, 0.05) is 44.5 Å². The molecular weight excluding hydrogens is 304 g/mol. The summed E-state index contributed by atoms with van der Waals surface area (Å²) >= 11 is 0. The van der Waals surface area contributed by atoms with Gasteiger partial charge in [0.05, 0.1) is 6.33 Å². The highest BCUT2D eigenvalue weighted by atomic mass is 16.5. The number of aryl methyl sites for hydroxylation is 2. The number of aromatic nitrogens is 4. The molecule has 3 aromatic heterocycles. The fraction of sp³-hybridized carbons (Fsp3) is 0.444. The van der Waals surface area contributed by atoms with Gasteiger partial charge in [0.1, 0.15) is 11.9 Å². The summed E-state index contributed by atoms with van der Waals surface area (Å²) in [5.41, 5.74) is 0. The van der Waals surface area contributed by atoms with Crippen molar-refractivity contribution in [2.45, 2.75) is 44.9 Å². The molecular formula is C18H22N4O2. The topological polar surface area (TPSA) is 58.0 Å². The summed E-state index contributed by atoms with van der Waals surface area (Å²) in [6, 6.07) is 4.03. The van der Waals surface area contributed by atoms with Gasteiger partial charge in [-0.3, -0.25) is 0 Å². The van der Waals surface area contributed by atoms with Crippen LogP contribution in [0.25, 0.3) is 11.6 Å². The number of imidazole rings is 2. The molecule has 0 aliphatic carbocycles. The van der Waals surface area contributed by atoms with E-state index in [1.54, 1.807) is 6.20 Å². The number of ether oxygens (including phenoxy) is 1. The maximum Gasteiger partial charge on any atom is 0.176 e. The van der Waals surface area contributed by atoms with Gasteiger partial charge in [-0.1, -0.05) is 0 Å². The van der Waals surface area contributed by atoms with E-state index in [1.807, 2.05) is 37.1 Å². The first-order valence-electron chi connectivity index (χ1n) is 8.59. The van der Waals surface area contributed by atoms with Crippen molar-refractivity contribution in [3.05, 3.63) is 49.0 Å². The van der Waals surface area contributed by atoms with Crippen LogP contribution in [0.3, 0.4) is 0 Å². The average Bonchev–Trinajstić information content (AvgIpc) is 3.37. The van der Waals surface area contributed by atoms with Crippen LogP contribution >= 0.6 is 0 Å². The van der Waals surface area contributed by atoms with E-state index in [0.29, 0.717) is 0 Å². The Morgan fingerprint density at radius 1 is 1.12 bits per heavy atom. The Balaban J connectivity index is 1.43. The first-order valence-corrected chi connectivity index (χ1v) is 8.59. The molecule has 0 unspecified atom stereocenters. The molecule has 0 amide bonds. The summed E-state index contributed by atoms with van der Waals surface area (Å²) in [5.74, 6) is 2.60.